The normalized spacial score (nSPS) is 13.3. The molecule has 0 unspecified atom stereocenters. The number of fused-ring (bicyclic) bond motifs is 6. The van der Waals surface area contributed by atoms with Crippen molar-refractivity contribution >= 4 is 34.0 Å². The summed E-state index contributed by atoms with van der Waals surface area (Å²) in [5.41, 5.74) is 15.3. The predicted octanol–water partition coefficient (Wildman–Crippen LogP) is 10.6. The van der Waals surface area contributed by atoms with Crippen LogP contribution >= 0.6 is 0 Å². The van der Waals surface area contributed by atoms with Crippen LogP contribution in [0.2, 0.25) is 0 Å². The number of aryl methyl sites for hydroxylation is 2. The summed E-state index contributed by atoms with van der Waals surface area (Å²) in [4.78, 5) is 0. The van der Waals surface area contributed by atoms with E-state index in [9.17, 15) is 10.5 Å². The van der Waals surface area contributed by atoms with Crippen molar-refractivity contribution in [1.29, 1.82) is 10.5 Å². The lowest BCUT2D eigenvalue weighted by atomic mass is 9.97. The molecule has 0 saturated heterocycles. The molecule has 0 saturated carbocycles. The molecule has 2 aliphatic rings. The monoisotopic (exact) mass is 614 g/mol. The van der Waals surface area contributed by atoms with Crippen LogP contribution < -0.4 is 0 Å². The summed E-state index contributed by atoms with van der Waals surface area (Å²) in [6.45, 7) is 0. The third kappa shape index (κ3) is 4.35. The number of rotatable bonds is 4. The van der Waals surface area contributed by atoms with Gasteiger partial charge in [-0.25, -0.2) is 0 Å². The third-order valence-corrected chi connectivity index (χ3v) is 9.94. The van der Waals surface area contributed by atoms with Gasteiger partial charge in [-0.1, -0.05) is 66.7 Å². The Bertz CT molecular complexity index is 2570. The van der Waals surface area contributed by atoms with Gasteiger partial charge in [0.15, 0.2) is 0 Å². The Balaban J connectivity index is 1.15. The third-order valence-electron chi connectivity index (χ3n) is 9.94. The van der Waals surface area contributed by atoms with E-state index in [2.05, 4.69) is 131 Å². The molecule has 0 spiro atoms. The van der Waals surface area contributed by atoms with Gasteiger partial charge in [0.2, 0.25) is 0 Å². The molecule has 0 atom stereocenters. The molecule has 0 fully saturated rings. The second-order valence-corrected chi connectivity index (χ2v) is 12.6. The van der Waals surface area contributed by atoms with E-state index < -0.39 is 0 Å². The summed E-state index contributed by atoms with van der Waals surface area (Å²) in [7, 11) is 0. The molecule has 226 valence electrons. The van der Waals surface area contributed by atoms with Crippen LogP contribution in [-0.2, 0) is 12.8 Å². The number of nitrogens with zero attached hydrogens (tertiary/aromatic N) is 4. The van der Waals surface area contributed by atoms with Gasteiger partial charge in [0.05, 0.1) is 40.0 Å². The average molecular weight is 615 g/mol. The van der Waals surface area contributed by atoms with Crippen molar-refractivity contribution in [3.05, 3.63) is 155 Å². The van der Waals surface area contributed by atoms with Crippen LogP contribution in [0.15, 0.2) is 121 Å². The van der Waals surface area contributed by atoms with E-state index in [1.54, 1.807) is 0 Å². The molecule has 5 aromatic carbocycles. The highest BCUT2D eigenvalue weighted by molar-refractivity contribution is 5.93. The first-order valence-electron chi connectivity index (χ1n) is 16.5. The van der Waals surface area contributed by atoms with Gasteiger partial charge in [-0.15, -0.1) is 0 Å². The molecule has 4 heteroatoms. The van der Waals surface area contributed by atoms with Crippen molar-refractivity contribution in [2.24, 2.45) is 0 Å². The Kier molecular flexibility index (Phi) is 6.49. The van der Waals surface area contributed by atoms with E-state index >= 15 is 0 Å². The zero-order chi connectivity index (χ0) is 32.2. The first kappa shape index (κ1) is 27.9. The molecule has 0 N–H and O–H groups in total. The van der Waals surface area contributed by atoms with Gasteiger partial charge in [0.25, 0.3) is 0 Å². The standard InChI is InChI=1S/C44H30N4/c45-27-29-16-22-43(48-41-14-5-1-10-35(41)36-11-2-6-15-42(36)48)38(24-29)32-20-18-31(19-21-32)33-8-7-9-34(26-33)47-40-13-4-3-12-37(40)39-25-30(28-46)17-23-44(39)47/h1,4-10,13-26H,2-3,11-12H2. The number of aromatic nitrogens is 2. The Labute approximate surface area is 279 Å². The molecule has 2 aromatic heterocycles. The number of benzene rings is 5. The van der Waals surface area contributed by atoms with E-state index in [0.29, 0.717) is 11.1 Å². The van der Waals surface area contributed by atoms with Crippen molar-refractivity contribution in [3.63, 3.8) is 0 Å². The van der Waals surface area contributed by atoms with Gasteiger partial charge < -0.3 is 9.13 Å². The highest BCUT2D eigenvalue weighted by Crippen LogP contribution is 2.39. The SMILES string of the molecule is N#Cc1ccc(-n2c3c(c4ccccc42)CCC=C3)c(-c2ccc(-c3cccc(-n4c5c(c6cc(C#N)ccc64)CCC=C5)c3)cc2)c1. The number of hydrogen-bond donors (Lipinski definition) is 0. The summed E-state index contributed by atoms with van der Waals surface area (Å²) in [5.74, 6) is 0. The van der Waals surface area contributed by atoms with Gasteiger partial charge in [0.1, 0.15) is 0 Å². The summed E-state index contributed by atoms with van der Waals surface area (Å²) in [6.07, 6.45) is 13.0. The summed E-state index contributed by atoms with van der Waals surface area (Å²) >= 11 is 0. The fourth-order valence-corrected chi connectivity index (χ4v) is 7.73. The van der Waals surface area contributed by atoms with Crippen LogP contribution in [0.1, 0.15) is 46.5 Å². The van der Waals surface area contributed by atoms with Crippen LogP contribution in [0, 0.1) is 22.7 Å². The summed E-state index contributed by atoms with van der Waals surface area (Å²) < 4.78 is 4.69. The van der Waals surface area contributed by atoms with Gasteiger partial charge >= 0.3 is 0 Å². The second-order valence-electron chi connectivity index (χ2n) is 12.6. The van der Waals surface area contributed by atoms with Crippen molar-refractivity contribution < 1.29 is 0 Å². The lowest BCUT2D eigenvalue weighted by molar-refractivity contribution is 0.968. The smallest absolute Gasteiger partial charge is 0.0991 e. The number of hydrogen-bond acceptors (Lipinski definition) is 2. The molecule has 48 heavy (non-hydrogen) atoms. The minimum Gasteiger partial charge on any atom is -0.310 e. The minimum absolute atomic E-state index is 0.643. The van der Waals surface area contributed by atoms with E-state index in [-0.39, 0.29) is 0 Å². The Hall–Kier alpha value is -6.36. The van der Waals surface area contributed by atoms with Crippen molar-refractivity contribution in [2.75, 3.05) is 0 Å². The minimum atomic E-state index is 0.643. The molecule has 4 nitrogen and oxygen atoms in total. The van der Waals surface area contributed by atoms with E-state index in [0.717, 1.165) is 70.2 Å². The van der Waals surface area contributed by atoms with Crippen LogP contribution in [0.5, 0.6) is 0 Å². The Morgan fingerprint density at radius 2 is 1.19 bits per heavy atom. The average Bonchev–Trinajstić information content (AvgIpc) is 3.67. The molecule has 0 radical (unpaired) electrons. The molecule has 2 heterocycles. The zero-order valence-electron chi connectivity index (χ0n) is 26.3. The highest BCUT2D eigenvalue weighted by Gasteiger charge is 2.22. The Morgan fingerprint density at radius 3 is 1.98 bits per heavy atom. The largest absolute Gasteiger partial charge is 0.310 e. The maximum atomic E-state index is 9.87. The summed E-state index contributed by atoms with van der Waals surface area (Å²) in [5, 5.41) is 21.9. The van der Waals surface area contributed by atoms with Gasteiger partial charge in [-0.05, 0) is 120 Å². The topological polar surface area (TPSA) is 57.4 Å². The quantitative estimate of drug-likeness (QED) is 0.198. The number of para-hydroxylation sites is 1. The van der Waals surface area contributed by atoms with Gasteiger partial charge in [-0.2, -0.15) is 10.5 Å². The lowest BCUT2D eigenvalue weighted by Crippen LogP contribution is -2.02. The first-order valence-corrected chi connectivity index (χ1v) is 16.5. The van der Waals surface area contributed by atoms with Crippen LogP contribution in [-0.4, -0.2) is 9.13 Å². The molecule has 9 rings (SSSR count). The van der Waals surface area contributed by atoms with Crippen molar-refractivity contribution in [1.82, 2.24) is 9.13 Å². The first-order chi connectivity index (χ1) is 23.7. The van der Waals surface area contributed by atoms with Gasteiger partial charge in [-0.3, -0.25) is 0 Å². The Morgan fingerprint density at radius 1 is 0.521 bits per heavy atom. The van der Waals surface area contributed by atoms with Gasteiger partial charge in [0, 0.05) is 33.4 Å². The maximum absolute atomic E-state index is 9.87. The zero-order valence-corrected chi connectivity index (χ0v) is 26.3. The maximum Gasteiger partial charge on any atom is 0.0991 e. The molecule has 7 aromatic rings. The molecule has 0 amide bonds. The van der Waals surface area contributed by atoms with E-state index in [1.807, 2.05) is 24.3 Å². The molecular weight excluding hydrogens is 585 g/mol. The van der Waals surface area contributed by atoms with Crippen LogP contribution in [0.3, 0.4) is 0 Å². The van der Waals surface area contributed by atoms with E-state index in [1.165, 1.54) is 33.4 Å². The van der Waals surface area contributed by atoms with Crippen molar-refractivity contribution in [2.45, 2.75) is 25.7 Å². The fraction of sp³-hybridized carbons (Fsp3) is 0.0909. The summed E-state index contributed by atoms with van der Waals surface area (Å²) in [6, 6.07) is 42.8. The van der Waals surface area contributed by atoms with E-state index in [4.69, 9.17) is 0 Å². The molecular formula is C44H30N4. The fourth-order valence-electron chi connectivity index (χ4n) is 7.73. The second kappa shape index (κ2) is 11.2. The highest BCUT2D eigenvalue weighted by atomic mass is 15.0. The molecule has 0 aliphatic heterocycles. The van der Waals surface area contributed by atoms with Crippen molar-refractivity contribution in [3.8, 4) is 45.8 Å². The molecule has 0 bridgehead atoms. The van der Waals surface area contributed by atoms with Crippen LogP contribution in [0.4, 0.5) is 0 Å². The van der Waals surface area contributed by atoms with Crippen LogP contribution in [0.25, 0.3) is 67.6 Å². The lowest BCUT2D eigenvalue weighted by Gasteiger charge is -2.17. The predicted molar refractivity (Wildman–Crippen MR) is 195 cm³/mol. The number of nitriles is 2. The molecule has 2 aliphatic carbocycles. The number of allylic oxidation sites excluding steroid dienone is 2.